The highest BCUT2D eigenvalue weighted by Crippen LogP contribution is 2.14. The van der Waals surface area contributed by atoms with E-state index >= 15 is 0 Å². The van der Waals surface area contributed by atoms with Crippen LogP contribution in [0.2, 0.25) is 0 Å². The second kappa shape index (κ2) is 9.29. The summed E-state index contributed by atoms with van der Waals surface area (Å²) in [5.74, 6) is 0.785. The van der Waals surface area contributed by atoms with E-state index in [1.807, 2.05) is 6.92 Å². The van der Waals surface area contributed by atoms with Crippen LogP contribution in [0.15, 0.2) is 14.6 Å². The Bertz CT molecular complexity index is 659. The summed E-state index contributed by atoms with van der Waals surface area (Å²) in [5.41, 5.74) is -0.368. The molecule has 0 saturated carbocycles. The van der Waals surface area contributed by atoms with Crippen LogP contribution in [-0.2, 0) is 17.8 Å². The Labute approximate surface area is 136 Å². The van der Waals surface area contributed by atoms with Crippen LogP contribution in [-0.4, -0.2) is 33.4 Å². The van der Waals surface area contributed by atoms with Crippen molar-refractivity contribution in [2.75, 3.05) is 13.2 Å². The van der Waals surface area contributed by atoms with Crippen LogP contribution in [0.25, 0.3) is 0 Å². The average Bonchev–Trinajstić information content (AvgIpc) is 2.53. The zero-order valence-electron chi connectivity index (χ0n) is 14.5. The van der Waals surface area contributed by atoms with Crippen molar-refractivity contribution in [3.05, 3.63) is 26.4 Å². The molecule has 0 aromatic carbocycles. The topological polar surface area (TPSA) is 85.8 Å². The largest absolute Gasteiger partial charge is 0.481 e. The zero-order valence-corrected chi connectivity index (χ0v) is 14.5. The molecule has 1 rings (SSSR count). The molecule has 1 aromatic rings. The van der Waals surface area contributed by atoms with E-state index in [9.17, 15) is 9.59 Å². The highest BCUT2D eigenvalue weighted by Gasteiger charge is 2.15. The summed E-state index contributed by atoms with van der Waals surface area (Å²) in [6, 6.07) is 0. The van der Waals surface area contributed by atoms with Crippen LogP contribution in [0.4, 0.5) is 5.82 Å². The van der Waals surface area contributed by atoms with Crippen LogP contribution in [0.1, 0.15) is 45.6 Å². The molecule has 0 unspecified atom stereocenters. The maximum atomic E-state index is 12.5. The quantitative estimate of drug-likeness (QED) is 0.447. The normalized spacial score (nSPS) is 11.8. The van der Waals surface area contributed by atoms with Gasteiger partial charge in [0.15, 0.2) is 5.90 Å². The van der Waals surface area contributed by atoms with E-state index in [1.54, 1.807) is 13.8 Å². The van der Waals surface area contributed by atoms with Gasteiger partial charge in [-0.25, -0.2) is 4.79 Å². The Balaban J connectivity index is 3.30. The number of aliphatic imine (C=N–C) groups is 1. The molecule has 0 aliphatic rings. The molecule has 0 atom stereocenters. The van der Waals surface area contributed by atoms with Gasteiger partial charge in [-0.1, -0.05) is 13.3 Å². The van der Waals surface area contributed by atoms with Crippen LogP contribution in [0, 0.1) is 6.92 Å². The third kappa shape index (κ3) is 4.79. The number of hydrogen-bond acceptors (Lipinski definition) is 5. The molecule has 1 heterocycles. The van der Waals surface area contributed by atoms with Crippen molar-refractivity contribution < 1.29 is 9.84 Å². The summed E-state index contributed by atoms with van der Waals surface area (Å²) in [4.78, 5) is 29.2. The fourth-order valence-corrected chi connectivity index (χ4v) is 2.22. The van der Waals surface area contributed by atoms with Crippen molar-refractivity contribution in [3.8, 4) is 0 Å². The number of nitrogens with zero attached hydrogens (tertiary/aromatic N) is 3. The van der Waals surface area contributed by atoms with Gasteiger partial charge in [0, 0.05) is 26.6 Å². The van der Waals surface area contributed by atoms with Gasteiger partial charge in [0.2, 0.25) is 0 Å². The Morgan fingerprint density at radius 3 is 2.48 bits per heavy atom. The van der Waals surface area contributed by atoms with E-state index in [4.69, 9.17) is 9.84 Å². The van der Waals surface area contributed by atoms with Gasteiger partial charge in [-0.2, -0.15) is 4.99 Å². The molecular formula is C16H27N3O4. The zero-order chi connectivity index (χ0) is 17.4. The average molecular weight is 325 g/mol. The van der Waals surface area contributed by atoms with Gasteiger partial charge >= 0.3 is 5.69 Å². The lowest BCUT2D eigenvalue weighted by Gasteiger charge is -2.14. The maximum Gasteiger partial charge on any atom is 0.332 e. The number of aliphatic hydroxyl groups excluding tert-OH is 1. The second-order valence-electron chi connectivity index (χ2n) is 5.34. The summed E-state index contributed by atoms with van der Waals surface area (Å²) in [6.07, 6.45) is 2.31. The number of aromatic nitrogens is 2. The Morgan fingerprint density at radius 2 is 1.91 bits per heavy atom. The number of rotatable bonds is 8. The number of hydrogen-bond donors (Lipinski definition) is 1. The smallest absolute Gasteiger partial charge is 0.332 e. The van der Waals surface area contributed by atoms with E-state index in [1.165, 1.54) is 4.57 Å². The standard InChI is InChI=1S/C16H27N3O4/c1-5-7-11-23-13(4)17-14-12(3)15(21)19(9-8-10-20)16(22)18(14)6-2/h20H,5-11H2,1-4H3/b17-13+. The van der Waals surface area contributed by atoms with E-state index in [-0.39, 0.29) is 18.7 Å². The Kier molecular flexibility index (Phi) is 7.74. The van der Waals surface area contributed by atoms with Crippen molar-refractivity contribution >= 4 is 11.7 Å². The van der Waals surface area contributed by atoms with E-state index in [2.05, 4.69) is 11.9 Å². The fraction of sp³-hybridized carbons (Fsp3) is 0.688. The predicted molar refractivity (Wildman–Crippen MR) is 90.7 cm³/mol. The Hall–Kier alpha value is -1.89. The Morgan fingerprint density at radius 1 is 1.22 bits per heavy atom. The number of ether oxygens (including phenoxy) is 1. The molecule has 23 heavy (non-hydrogen) atoms. The minimum absolute atomic E-state index is 0.0681. The molecule has 0 amide bonds. The van der Waals surface area contributed by atoms with Gasteiger partial charge in [0.25, 0.3) is 5.56 Å². The molecular weight excluding hydrogens is 298 g/mol. The van der Waals surface area contributed by atoms with Crippen molar-refractivity contribution in [1.82, 2.24) is 9.13 Å². The van der Waals surface area contributed by atoms with Crippen molar-refractivity contribution in [2.24, 2.45) is 4.99 Å². The first-order valence-electron chi connectivity index (χ1n) is 8.11. The summed E-state index contributed by atoms with van der Waals surface area (Å²) in [5, 5.41) is 8.92. The number of aliphatic hydroxyl groups is 1. The van der Waals surface area contributed by atoms with Crippen molar-refractivity contribution in [2.45, 2.75) is 60.0 Å². The molecule has 0 fully saturated rings. The summed E-state index contributed by atoms with van der Waals surface area (Å²) < 4.78 is 8.12. The summed E-state index contributed by atoms with van der Waals surface area (Å²) in [6.45, 7) is 8.37. The summed E-state index contributed by atoms with van der Waals surface area (Å²) in [7, 11) is 0. The van der Waals surface area contributed by atoms with Gasteiger partial charge < -0.3 is 9.84 Å². The first kappa shape index (κ1) is 19.2. The van der Waals surface area contributed by atoms with Crippen LogP contribution < -0.4 is 11.2 Å². The highest BCUT2D eigenvalue weighted by atomic mass is 16.5. The van der Waals surface area contributed by atoms with E-state index < -0.39 is 5.69 Å². The monoisotopic (exact) mass is 325 g/mol. The molecule has 7 nitrogen and oxygen atoms in total. The minimum Gasteiger partial charge on any atom is -0.481 e. The molecule has 1 N–H and O–H groups in total. The lowest BCUT2D eigenvalue weighted by molar-refractivity contribution is 0.277. The van der Waals surface area contributed by atoms with Crippen molar-refractivity contribution in [1.29, 1.82) is 0 Å². The molecule has 0 bridgehead atoms. The third-order valence-electron chi connectivity index (χ3n) is 3.55. The lowest BCUT2D eigenvalue weighted by atomic mass is 10.3. The van der Waals surface area contributed by atoms with E-state index in [0.29, 0.717) is 36.9 Å². The minimum atomic E-state index is -0.406. The molecule has 0 aliphatic heterocycles. The molecule has 0 aliphatic carbocycles. The van der Waals surface area contributed by atoms with Gasteiger partial charge in [-0.3, -0.25) is 13.9 Å². The third-order valence-corrected chi connectivity index (χ3v) is 3.55. The van der Waals surface area contributed by atoms with Crippen LogP contribution >= 0.6 is 0 Å². The molecule has 0 spiro atoms. The molecule has 1 aromatic heterocycles. The van der Waals surface area contributed by atoms with Crippen LogP contribution in [0.3, 0.4) is 0 Å². The fourth-order valence-electron chi connectivity index (χ4n) is 2.22. The van der Waals surface area contributed by atoms with Gasteiger partial charge in [-0.05, 0) is 26.7 Å². The first-order chi connectivity index (χ1) is 11.0. The summed E-state index contributed by atoms with van der Waals surface area (Å²) >= 11 is 0. The second-order valence-corrected chi connectivity index (χ2v) is 5.34. The van der Waals surface area contributed by atoms with Gasteiger partial charge in [0.05, 0.1) is 12.2 Å². The lowest BCUT2D eigenvalue weighted by Crippen LogP contribution is -2.41. The molecule has 0 saturated heterocycles. The number of unbranched alkanes of at least 4 members (excludes halogenated alkanes) is 1. The van der Waals surface area contributed by atoms with Crippen LogP contribution in [0.5, 0.6) is 0 Å². The van der Waals surface area contributed by atoms with E-state index in [0.717, 1.165) is 17.4 Å². The van der Waals surface area contributed by atoms with Gasteiger partial charge in [0.1, 0.15) is 5.82 Å². The maximum absolute atomic E-state index is 12.5. The van der Waals surface area contributed by atoms with Crippen molar-refractivity contribution in [3.63, 3.8) is 0 Å². The SMILES string of the molecule is CCCCO/C(C)=N/c1c(C)c(=O)n(CCCO)c(=O)n1CC. The van der Waals surface area contributed by atoms with Gasteiger partial charge in [-0.15, -0.1) is 0 Å². The first-order valence-corrected chi connectivity index (χ1v) is 8.11. The molecule has 7 heteroatoms. The predicted octanol–water partition coefficient (Wildman–Crippen LogP) is 1.59. The molecule has 130 valence electrons. The highest BCUT2D eigenvalue weighted by molar-refractivity contribution is 5.76. The molecule has 0 radical (unpaired) electrons.